The first kappa shape index (κ1) is 16.3. The summed E-state index contributed by atoms with van der Waals surface area (Å²) in [5.41, 5.74) is 0.439. The zero-order chi connectivity index (χ0) is 18.1. The summed E-state index contributed by atoms with van der Waals surface area (Å²) in [5.74, 6) is 0.614. The van der Waals surface area contributed by atoms with Gasteiger partial charge in [-0.3, -0.25) is 4.79 Å². The molecule has 1 saturated carbocycles. The van der Waals surface area contributed by atoms with Gasteiger partial charge in [0.15, 0.2) is 5.82 Å². The van der Waals surface area contributed by atoms with Gasteiger partial charge in [-0.05, 0) is 31.0 Å². The average molecular weight is 351 g/mol. The number of carbonyl (C=O) groups excluding carboxylic acids is 1. The number of carbonyl (C=O) groups is 1. The molecule has 1 amide bonds. The van der Waals surface area contributed by atoms with Gasteiger partial charge in [-0.15, -0.1) is 0 Å². The third kappa shape index (κ3) is 2.81. The van der Waals surface area contributed by atoms with Gasteiger partial charge in [0, 0.05) is 24.9 Å². The van der Waals surface area contributed by atoms with E-state index in [0.29, 0.717) is 24.2 Å². The van der Waals surface area contributed by atoms with Crippen LogP contribution < -0.4 is 10.6 Å². The minimum atomic E-state index is -0.787. The number of amides is 1. The van der Waals surface area contributed by atoms with Crippen LogP contribution in [0.4, 0.5) is 16.0 Å². The first-order valence-electron chi connectivity index (χ1n) is 8.39. The summed E-state index contributed by atoms with van der Waals surface area (Å²) in [7, 11) is 1.80. The molecule has 0 spiro atoms. The predicted octanol–water partition coefficient (Wildman–Crippen LogP) is 3.12. The standard InChI is InChI=1S/C19H18FN5O/c1-21-16-7-6-13(12-22-16)25-11-8-17(24-25)23-18(26)19(9-10-19)14-4-2-3-5-15(14)20/h2-8,11-12H,9-10H2,1H3,(H,21,22)(H,23,24,26). The van der Waals surface area contributed by atoms with Crippen LogP contribution in [0.15, 0.2) is 54.9 Å². The van der Waals surface area contributed by atoms with E-state index in [0.717, 1.165) is 11.5 Å². The maximum Gasteiger partial charge on any atom is 0.236 e. The zero-order valence-corrected chi connectivity index (χ0v) is 14.2. The van der Waals surface area contributed by atoms with Crippen LogP contribution in [0, 0.1) is 5.82 Å². The maximum absolute atomic E-state index is 14.1. The third-order valence-corrected chi connectivity index (χ3v) is 4.67. The Morgan fingerprint density at radius 1 is 1.15 bits per heavy atom. The Bertz CT molecular complexity index is 947. The minimum Gasteiger partial charge on any atom is -0.373 e. The number of anilines is 2. The third-order valence-electron chi connectivity index (χ3n) is 4.67. The number of rotatable bonds is 5. The van der Waals surface area contributed by atoms with Crippen molar-refractivity contribution in [1.29, 1.82) is 0 Å². The highest BCUT2D eigenvalue weighted by molar-refractivity contribution is 6.00. The van der Waals surface area contributed by atoms with Gasteiger partial charge in [0.1, 0.15) is 11.6 Å². The van der Waals surface area contributed by atoms with Gasteiger partial charge < -0.3 is 10.6 Å². The van der Waals surface area contributed by atoms with Gasteiger partial charge in [-0.25, -0.2) is 14.1 Å². The Morgan fingerprint density at radius 3 is 2.62 bits per heavy atom. The van der Waals surface area contributed by atoms with Crippen LogP contribution in [0.2, 0.25) is 0 Å². The van der Waals surface area contributed by atoms with E-state index in [2.05, 4.69) is 20.7 Å². The van der Waals surface area contributed by atoms with E-state index in [-0.39, 0.29) is 11.7 Å². The first-order valence-corrected chi connectivity index (χ1v) is 8.39. The van der Waals surface area contributed by atoms with Crippen LogP contribution in [0.25, 0.3) is 5.69 Å². The molecule has 2 aromatic heterocycles. The highest BCUT2D eigenvalue weighted by atomic mass is 19.1. The number of hydrogen-bond donors (Lipinski definition) is 2. The molecule has 0 saturated heterocycles. The number of aromatic nitrogens is 3. The fourth-order valence-corrected chi connectivity index (χ4v) is 3.03. The van der Waals surface area contributed by atoms with Crippen molar-refractivity contribution in [2.75, 3.05) is 17.7 Å². The smallest absolute Gasteiger partial charge is 0.236 e. The van der Waals surface area contributed by atoms with E-state index >= 15 is 0 Å². The predicted molar refractivity (Wildman–Crippen MR) is 96.8 cm³/mol. The molecule has 0 aliphatic heterocycles. The lowest BCUT2D eigenvalue weighted by Crippen LogP contribution is -2.29. The van der Waals surface area contributed by atoms with E-state index < -0.39 is 5.41 Å². The molecule has 4 rings (SSSR count). The van der Waals surface area contributed by atoms with Crippen molar-refractivity contribution in [1.82, 2.24) is 14.8 Å². The highest BCUT2D eigenvalue weighted by Gasteiger charge is 2.52. The topological polar surface area (TPSA) is 71.8 Å². The van der Waals surface area contributed by atoms with Crippen molar-refractivity contribution in [3.8, 4) is 5.69 Å². The molecule has 6 nitrogen and oxygen atoms in total. The second kappa shape index (κ2) is 6.25. The molecule has 1 aliphatic carbocycles. The fraction of sp³-hybridized carbons (Fsp3) is 0.211. The molecular formula is C19H18FN5O. The summed E-state index contributed by atoms with van der Waals surface area (Å²) in [5, 5.41) is 10.1. The quantitative estimate of drug-likeness (QED) is 0.741. The van der Waals surface area contributed by atoms with Crippen LogP contribution in [-0.4, -0.2) is 27.7 Å². The molecule has 1 fully saturated rings. The van der Waals surface area contributed by atoms with Gasteiger partial charge in [0.2, 0.25) is 5.91 Å². The maximum atomic E-state index is 14.1. The van der Waals surface area contributed by atoms with Crippen molar-refractivity contribution in [2.45, 2.75) is 18.3 Å². The number of pyridine rings is 1. The van der Waals surface area contributed by atoms with Crippen molar-refractivity contribution in [3.63, 3.8) is 0 Å². The van der Waals surface area contributed by atoms with Crippen molar-refractivity contribution in [3.05, 3.63) is 66.2 Å². The lowest BCUT2D eigenvalue weighted by atomic mass is 9.94. The van der Waals surface area contributed by atoms with Crippen molar-refractivity contribution >= 4 is 17.5 Å². The summed E-state index contributed by atoms with van der Waals surface area (Å²) in [4.78, 5) is 17.0. The molecule has 1 aliphatic rings. The largest absolute Gasteiger partial charge is 0.373 e. The number of halogens is 1. The Kier molecular flexibility index (Phi) is 3.91. The van der Waals surface area contributed by atoms with Gasteiger partial charge in [0.25, 0.3) is 0 Å². The lowest BCUT2D eigenvalue weighted by Gasteiger charge is -2.15. The normalized spacial score (nSPS) is 14.7. The number of nitrogens with one attached hydrogen (secondary N) is 2. The minimum absolute atomic E-state index is 0.225. The van der Waals surface area contributed by atoms with Gasteiger partial charge in [-0.2, -0.15) is 5.10 Å². The Balaban J connectivity index is 1.52. The summed E-state index contributed by atoms with van der Waals surface area (Å²) in [6.07, 6.45) is 4.70. The van der Waals surface area contributed by atoms with Crippen LogP contribution in [0.5, 0.6) is 0 Å². The van der Waals surface area contributed by atoms with Crippen molar-refractivity contribution in [2.24, 2.45) is 0 Å². The van der Waals surface area contributed by atoms with E-state index in [1.807, 2.05) is 12.1 Å². The summed E-state index contributed by atoms with van der Waals surface area (Å²) >= 11 is 0. The fourth-order valence-electron chi connectivity index (χ4n) is 3.03. The molecule has 0 atom stereocenters. The average Bonchev–Trinajstić information content (AvgIpc) is 3.35. The summed E-state index contributed by atoms with van der Waals surface area (Å²) < 4.78 is 15.7. The van der Waals surface area contributed by atoms with Crippen LogP contribution in [0.3, 0.4) is 0 Å². The number of nitrogens with zero attached hydrogens (tertiary/aromatic N) is 3. The van der Waals surface area contributed by atoms with Gasteiger partial charge in [-0.1, -0.05) is 18.2 Å². The molecule has 132 valence electrons. The zero-order valence-electron chi connectivity index (χ0n) is 14.2. The summed E-state index contributed by atoms with van der Waals surface area (Å²) in [6, 6.07) is 11.9. The van der Waals surface area contributed by atoms with Gasteiger partial charge >= 0.3 is 0 Å². The second-order valence-electron chi connectivity index (χ2n) is 6.31. The molecule has 2 N–H and O–H groups in total. The molecule has 1 aromatic carbocycles. The van der Waals surface area contributed by atoms with Gasteiger partial charge in [0.05, 0.1) is 17.3 Å². The Hall–Kier alpha value is -3.22. The number of hydrogen-bond acceptors (Lipinski definition) is 4. The molecule has 2 heterocycles. The first-order chi connectivity index (χ1) is 12.6. The highest BCUT2D eigenvalue weighted by Crippen LogP contribution is 2.49. The second-order valence-corrected chi connectivity index (χ2v) is 6.31. The van der Waals surface area contributed by atoms with Crippen LogP contribution in [0.1, 0.15) is 18.4 Å². The van der Waals surface area contributed by atoms with E-state index in [1.165, 1.54) is 6.07 Å². The number of benzene rings is 1. The van der Waals surface area contributed by atoms with E-state index in [9.17, 15) is 9.18 Å². The SMILES string of the molecule is CNc1ccc(-n2ccc(NC(=O)C3(c4ccccc4F)CC3)n2)cn1. The van der Waals surface area contributed by atoms with E-state index in [1.54, 1.807) is 48.4 Å². The molecule has 26 heavy (non-hydrogen) atoms. The molecule has 3 aromatic rings. The summed E-state index contributed by atoms with van der Waals surface area (Å²) in [6.45, 7) is 0. The molecule has 7 heteroatoms. The molecule has 0 bridgehead atoms. The lowest BCUT2D eigenvalue weighted by molar-refractivity contribution is -0.118. The Morgan fingerprint density at radius 2 is 1.96 bits per heavy atom. The molecule has 0 unspecified atom stereocenters. The van der Waals surface area contributed by atoms with E-state index in [4.69, 9.17) is 0 Å². The van der Waals surface area contributed by atoms with Crippen LogP contribution in [-0.2, 0) is 10.2 Å². The Labute approximate surface area is 150 Å². The molecule has 0 radical (unpaired) electrons. The monoisotopic (exact) mass is 351 g/mol. The molecular weight excluding hydrogens is 333 g/mol. The van der Waals surface area contributed by atoms with Crippen LogP contribution >= 0.6 is 0 Å². The van der Waals surface area contributed by atoms with Crippen molar-refractivity contribution < 1.29 is 9.18 Å².